The van der Waals surface area contributed by atoms with Gasteiger partial charge in [-0.3, -0.25) is 9.59 Å². The standard InChI is InChI=1S/C18H36N2O2/c1-15(2,3)11-18(8,9)20-13(21)10-16(4,5)12-17(6,7)14(19)22/h10-12H2,1-9H3,(H2,19,22)(H,20,21). The molecule has 4 nitrogen and oxygen atoms in total. The van der Waals surface area contributed by atoms with Gasteiger partial charge in [0.1, 0.15) is 0 Å². The average Bonchev–Trinajstić information content (AvgIpc) is 2.06. The molecule has 0 fully saturated rings. The van der Waals surface area contributed by atoms with Gasteiger partial charge in [-0.15, -0.1) is 0 Å². The number of rotatable bonds is 7. The second-order valence-corrected chi connectivity index (χ2v) is 9.94. The first-order chi connectivity index (χ1) is 9.46. The second-order valence-electron chi connectivity index (χ2n) is 9.94. The third-order valence-electron chi connectivity index (χ3n) is 3.68. The normalized spacial score (nSPS) is 13.9. The van der Waals surface area contributed by atoms with E-state index in [9.17, 15) is 9.59 Å². The maximum atomic E-state index is 12.4. The Hall–Kier alpha value is -1.06. The van der Waals surface area contributed by atoms with Crippen LogP contribution in [0.2, 0.25) is 0 Å². The number of amides is 2. The van der Waals surface area contributed by atoms with Gasteiger partial charge < -0.3 is 11.1 Å². The van der Waals surface area contributed by atoms with Crippen molar-refractivity contribution in [1.29, 1.82) is 0 Å². The van der Waals surface area contributed by atoms with E-state index in [2.05, 4.69) is 39.9 Å². The number of hydrogen-bond donors (Lipinski definition) is 2. The van der Waals surface area contributed by atoms with Gasteiger partial charge in [0.25, 0.3) is 0 Å². The summed E-state index contributed by atoms with van der Waals surface area (Å²) in [5, 5.41) is 3.13. The van der Waals surface area contributed by atoms with Crippen LogP contribution in [0.1, 0.15) is 81.6 Å². The first-order valence-electron chi connectivity index (χ1n) is 8.07. The minimum Gasteiger partial charge on any atom is -0.369 e. The van der Waals surface area contributed by atoms with Crippen LogP contribution >= 0.6 is 0 Å². The van der Waals surface area contributed by atoms with E-state index in [0.29, 0.717) is 12.8 Å². The molecular weight excluding hydrogens is 276 g/mol. The molecule has 0 radical (unpaired) electrons. The van der Waals surface area contributed by atoms with Crippen LogP contribution in [0.3, 0.4) is 0 Å². The van der Waals surface area contributed by atoms with E-state index in [1.165, 1.54) is 0 Å². The van der Waals surface area contributed by atoms with Crippen molar-refractivity contribution in [1.82, 2.24) is 5.32 Å². The van der Waals surface area contributed by atoms with Crippen molar-refractivity contribution in [3.63, 3.8) is 0 Å². The first kappa shape index (κ1) is 20.9. The SMILES string of the molecule is CC(C)(C)CC(C)(C)NC(=O)CC(C)(C)CC(C)(C)C(N)=O. The summed E-state index contributed by atoms with van der Waals surface area (Å²) in [6, 6.07) is 0. The Balaban J connectivity index is 4.74. The van der Waals surface area contributed by atoms with Gasteiger partial charge >= 0.3 is 0 Å². The molecule has 22 heavy (non-hydrogen) atoms. The zero-order chi connectivity index (χ0) is 18.0. The molecule has 0 heterocycles. The highest BCUT2D eigenvalue weighted by Gasteiger charge is 2.35. The smallest absolute Gasteiger partial charge is 0.223 e. The van der Waals surface area contributed by atoms with E-state index in [-0.39, 0.29) is 28.2 Å². The van der Waals surface area contributed by atoms with E-state index < -0.39 is 5.41 Å². The van der Waals surface area contributed by atoms with Gasteiger partial charge in [0.05, 0.1) is 0 Å². The predicted octanol–water partition coefficient (Wildman–Crippen LogP) is 3.64. The fourth-order valence-corrected chi connectivity index (χ4v) is 3.57. The van der Waals surface area contributed by atoms with Gasteiger partial charge in [0.2, 0.25) is 11.8 Å². The summed E-state index contributed by atoms with van der Waals surface area (Å²) >= 11 is 0. The van der Waals surface area contributed by atoms with Crippen LogP contribution in [0.15, 0.2) is 0 Å². The summed E-state index contributed by atoms with van der Waals surface area (Å²) in [5.74, 6) is -0.298. The van der Waals surface area contributed by atoms with Crippen molar-refractivity contribution in [2.24, 2.45) is 22.0 Å². The summed E-state index contributed by atoms with van der Waals surface area (Å²) in [6.45, 7) is 18.3. The minimum atomic E-state index is -0.606. The van der Waals surface area contributed by atoms with Crippen molar-refractivity contribution in [3.05, 3.63) is 0 Å². The van der Waals surface area contributed by atoms with Gasteiger partial charge in [-0.05, 0) is 37.5 Å². The molecule has 3 N–H and O–H groups in total. The fourth-order valence-electron chi connectivity index (χ4n) is 3.57. The summed E-state index contributed by atoms with van der Waals surface area (Å²) in [5.41, 5.74) is 4.46. The van der Waals surface area contributed by atoms with Crippen LogP contribution in [-0.4, -0.2) is 17.4 Å². The lowest BCUT2D eigenvalue weighted by atomic mass is 9.72. The summed E-state index contributed by atoms with van der Waals surface area (Å²) in [6.07, 6.45) is 1.87. The highest BCUT2D eigenvalue weighted by molar-refractivity contribution is 5.80. The zero-order valence-corrected chi connectivity index (χ0v) is 16.0. The quantitative estimate of drug-likeness (QED) is 0.753. The molecule has 0 saturated carbocycles. The lowest BCUT2D eigenvalue weighted by molar-refractivity contribution is -0.130. The van der Waals surface area contributed by atoms with Crippen LogP contribution in [0.4, 0.5) is 0 Å². The molecule has 0 aliphatic rings. The number of nitrogens with two attached hydrogens (primary N) is 1. The van der Waals surface area contributed by atoms with E-state index in [1.807, 2.05) is 27.7 Å². The molecule has 0 saturated heterocycles. The van der Waals surface area contributed by atoms with Crippen LogP contribution in [-0.2, 0) is 9.59 Å². The lowest BCUT2D eigenvalue weighted by Crippen LogP contribution is -2.47. The molecule has 0 aliphatic heterocycles. The van der Waals surface area contributed by atoms with E-state index in [0.717, 1.165) is 6.42 Å². The van der Waals surface area contributed by atoms with E-state index >= 15 is 0 Å². The maximum Gasteiger partial charge on any atom is 0.223 e. The highest BCUT2D eigenvalue weighted by atomic mass is 16.2. The number of hydrogen-bond acceptors (Lipinski definition) is 2. The van der Waals surface area contributed by atoms with Crippen molar-refractivity contribution in [3.8, 4) is 0 Å². The molecule has 0 atom stereocenters. The second kappa shape index (κ2) is 6.59. The largest absolute Gasteiger partial charge is 0.369 e. The van der Waals surface area contributed by atoms with Crippen LogP contribution in [0.5, 0.6) is 0 Å². The van der Waals surface area contributed by atoms with E-state index in [4.69, 9.17) is 5.73 Å². The Kier molecular flexibility index (Phi) is 6.27. The fraction of sp³-hybridized carbons (Fsp3) is 0.889. The monoisotopic (exact) mass is 312 g/mol. The van der Waals surface area contributed by atoms with Crippen LogP contribution in [0.25, 0.3) is 0 Å². The summed E-state index contributed by atoms with van der Waals surface area (Å²) in [7, 11) is 0. The van der Waals surface area contributed by atoms with Gasteiger partial charge in [-0.25, -0.2) is 0 Å². The Bertz CT molecular complexity index is 415. The molecule has 0 aromatic rings. The van der Waals surface area contributed by atoms with Crippen LogP contribution in [0, 0.1) is 16.2 Å². The molecular formula is C18H36N2O2. The molecule has 2 amide bonds. The van der Waals surface area contributed by atoms with E-state index in [1.54, 1.807) is 0 Å². The summed E-state index contributed by atoms with van der Waals surface area (Å²) < 4.78 is 0. The molecule has 4 heteroatoms. The summed E-state index contributed by atoms with van der Waals surface area (Å²) in [4.78, 5) is 23.9. The average molecular weight is 312 g/mol. The Morgan fingerprint density at radius 3 is 1.68 bits per heavy atom. The third kappa shape index (κ3) is 8.40. The first-order valence-corrected chi connectivity index (χ1v) is 8.07. The van der Waals surface area contributed by atoms with Crippen molar-refractivity contribution >= 4 is 11.8 Å². The van der Waals surface area contributed by atoms with Gasteiger partial charge in [-0.1, -0.05) is 48.5 Å². The molecule has 0 aromatic carbocycles. The Labute approximate surface area is 136 Å². The topological polar surface area (TPSA) is 72.2 Å². The van der Waals surface area contributed by atoms with Gasteiger partial charge in [0, 0.05) is 17.4 Å². The van der Waals surface area contributed by atoms with Gasteiger partial charge in [0.15, 0.2) is 0 Å². The molecule has 0 aromatic heterocycles. The van der Waals surface area contributed by atoms with Crippen molar-refractivity contribution in [2.75, 3.05) is 0 Å². The van der Waals surface area contributed by atoms with Crippen molar-refractivity contribution < 1.29 is 9.59 Å². The predicted molar refractivity (Wildman–Crippen MR) is 92.3 cm³/mol. The molecule has 130 valence electrons. The Morgan fingerprint density at radius 2 is 1.32 bits per heavy atom. The zero-order valence-electron chi connectivity index (χ0n) is 16.0. The Morgan fingerprint density at radius 1 is 0.864 bits per heavy atom. The number of carbonyl (C=O) groups excluding carboxylic acids is 2. The number of carbonyl (C=O) groups is 2. The number of nitrogens with one attached hydrogen (secondary N) is 1. The highest BCUT2D eigenvalue weighted by Crippen LogP contribution is 2.36. The molecule has 0 unspecified atom stereocenters. The number of primary amides is 1. The molecule has 0 aliphatic carbocycles. The minimum absolute atomic E-state index is 0.0273. The lowest BCUT2D eigenvalue weighted by Gasteiger charge is -2.36. The third-order valence-corrected chi connectivity index (χ3v) is 3.68. The maximum absolute atomic E-state index is 12.4. The van der Waals surface area contributed by atoms with Gasteiger partial charge in [-0.2, -0.15) is 0 Å². The van der Waals surface area contributed by atoms with Crippen LogP contribution < -0.4 is 11.1 Å². The molecule has 0 rings (SSSR count). The molecule has 0 spiro atoms. The molecule has 0 bridgehead atoms. The van der Waals surface area contributed by atoms with Crippen molar-refractivity contribution in [2.45, 2.75) is 87.1 Å².